The minimum Gasteiger partial charge on any atom is -0.493 e. The van der Waals surface area contributed by atoms with Crippen molar-refractivity contribution in [3.05, 3.63) is 58.1 Å². The number of aliphatic hydroxyl groups is 1. The van der Waals surface area contributed by atoms with Crippen molar-refractivity contribution < 1.29 is 19.5 Å². The summed E-state index contributed by atoms with van der Waals surface area (Å²) in [7, 11) is 3.26. The molecule has 2 aromatic carbocycles. The molecule has 1 atom stereocenters. The molecule has 0 aliphatic heterocycles. The molecule has 0 amide bonds. The number of benzene rings is 2. The number of methoxy groups -OCH3 is 2. The number of nitrogens with one attached hydrogen (secondary N) is 1. The molecule has 0 aromatic heterocycles. The van der Waals surface area contributed by atoms with Gasteiger partial charge in [-0.25, -0.2) is 0 Å². The minimum atomic E-state index is 0.160. The molecule has 0 spiro atoms. The molecule has 0 aliphatic rings. The molecule has 23 heavy (non-hydrogen) atoms. The van der Waals surface area contributed by atoms with Gasteiger partial charge in [-0.2, -0.15) is 0 Å². The third-order valence-corrected chi connectivity index (χ3v) is 4.49. The zero-order chi connectivity index (χ0) is 16.7. The fourth-order valence-corrected chi connectivity index (χ4v) is 3.05. The van der Waals surface area contributed by atoms with Crippen molar-refractivity contribution in [1.29, 1.82) is 0 Å². The van der Waals surface area contributed by atoms with Gasteiger partial charge in [-0.1, -0.05) is 46.3 Å². The molecule has 0 bridgehead atoms. The topological polar surface area (TPSA) is 43.1 Å². The summed E-state index contributed by atoms with van der Waals surface area (Å²) in [5.41, 5.74) is 2.38. The smallest absolute Gasteiger partial charge is 0.161 e. The van der Waals surface area contributed by atoms with E-state index in [1.165, 1.54) is 10.5 Å². The normalized spacial score (nSPS) is 12.0. The van der Waals surface area contributed by atoms with Crippen LogP contribution in [0.3, 0.4) is 0 Å². The van der Waals surface area contributed by atoms with Gasteiger partial charge >= 0.3 is 0 Å². The molecular weight excluding hydrogens is 358 g/mol. The second-order valence-corrected chi connectivity index (χ2v) is 6.22. The lowest BCUT2D eigenvalue weighted by Gasteiger charge is -2.20. The number of hydrogen-bond donors (Lipinski definition) is 2. The van der Waals surface area contributed by atoms with E-state index in [4.69, 9.17) is 9.47 Å². The van der Waals surface area contributed by atoms with Gasteiger partial charge in [0.2, 0.25) is 0 Å². The lowest BCUT2D eigenvalue weighted by Crippen LogP contribution is -3.09. The van der Waals surface area contributed by atoms with Crippen LogP contribution in [0.4, 0.5) is 0 Å². The summed E-state index contributed by atoms with van der Waals surface area (Å²) in [6, 6.07) is 14.2. The molecule has 0 aliphatic carbocycles. The molecular formula is C18H23BrNO3+. The Labute approximate surface area is 145 Å². The number of ether oxygens (including phenoxy) is 2. The molecule has 0 saturated carbocycles. The Morgan fingerprint density at radius 1 is 1.00 bits per heavy atom. The number of hydrogen-bond acceptors (Lipinski definition) is 3. The van der Waals surface area contributed by atoms with Gasteiger partial charge in [0.15, 0.2) is 11.5 Å². The van der Waals surface area contributed by atoms with Crippen LogP contribution in [-0.4, -0.2) is 32.5 Å². The molecule has 0 heterocycles. The van der Waals surface area contributed by atoms with Crippen LogP contribution in [0.15, 0.2) is 46.9 Å². The lowest BCUT2D eigenvalue weighted by atomic mass is 10.1. The van der Waals surface area contributed by atoms with Crippen LogP contribution in [0.25, 0.3) is 0 Å². The highest BCUT2D eigenvalue weighted by molar-refractivity contribution is 9.10. The quantitative estimate of drug-likeness (QED) is 0.736. The average Bonchev–Trinajstić information content (AvgIpc) is 2.57. The van der Waals surface area contributed by atoms with E-state index in [0.717, 1.165) is 23.1 Å². The first-order valence-electron chi connectivity index (χ1n) is 7.56. The average molecular weight is 381 g/mol. The van der Waals surface area contributed by atoms with Crippen LogP contribution >= 0.6 is 15.9 Å². The monoisotopic (exact) mass is 380 g/mol. The van der Waals surface area contributed by atoms with E-state index < -0.39 is 0 Å². The van der Waals surface area contributed by atoms with Gasteiger partial charge in [0, 0.05) is 15.6 Å². The number of halogens is 1. The molecule has 0 radical (unpaired) electrons. The first-order chi connectivity index (χ1) is 11.2. The Morgan fingerprint density at radius 3 is 2.26 bits per heavy atom. The maximum atomic E-state index is 9.37. The summed E-state index contributed by atoms with van der Waals surface area (Å²) < 4.78 is 11.7. The molecule has 2 rings (SSSR count). The van der Waals surface area contributed by atoms with Crippen LogP contribution in [0.1, 0.15) is 11.1 Å². The maximum absolute atomic E-state index is 9.37. The summed E-state index contributed by atoms with van der Waals surface area (Å²) in [4.78, 5) is 1.28. The Balaban J connectivity index is 2.19. The van der Waals surface area contributed by atoms with Crippen LogP contribution in [0.5, 0.6) is 11.5 Å². The third kappa shape index (κ3) is 4.96. The van der Waals surface area contributed by atoms with Crippen LogP contribution in [-0.2, 0) is 13.1 Å². The Morgan fingerprint density at radius 2 is 1.65 bits per heavy atom. The van der Waals surface area contributed by atoms with E-state index in [0.29, 0.717) is 18.0 Å². The van der Waals surface area contributed by atoms with Crippen molar-refractivity contribution in [3.63, 3.8) is 0 Å². The van der Waals surface area contributed by atoms with Gasteiger partial charge in [0.25, 0.3) is 0 Å². The van der Waals surface area contributed by atoms with E-state index in [1.807, 2.05) is 30.3 Å². The minimum absolute atomic E-state index is 0.160. The molecule has 0 saturated heterocycles. The molecule has 2 aromatic rings. The molecule has 4 nitrogen and oxygen atoms in total. The molecule has 0 fully saturated rings. The fourth-order valence-electron chi connectivity index (χ4n) is 2.58. The predicted molar refractivity (Wildman–Crippen MR) is 94.0 cm³/mol. The number of aliphatic hydroxyl groups excluding tert-OH is 1. The summed E-state index contributed by atoms with van der Waals surface area (Å²) in [5.74, 6) is 1.42. The van der Waals surface area contributed by atoms with Crippen molar-refractivity contribution in [2.75, 3.05) is 27.4 Å². The maximum Gasteiger partial charge on any atom is 0.161 e. The molecule has 5 heteroatoms. The van der Waals surface area contributed by atoms with Crippen molar-refractivity contribution >= 4 is 15.9 Å². The van der Waals surface area contributed by atoms with Gasteiger partial charge in [0.05, 0.1) is 20.8 Å². The second-order valence-electron chi connectivity index (χ2n) is 5.36. The van der Waals surface area contributed by atoms with E-state index in [1.54, 1.807) is 14.2 Å². The Bertz CT molecular complexity index is 619. The van der Waals surface area contributed by atoms with Crippen LogP contribution in [0, 0.1) is 0 Å². The van der Waals surface area contributed by atoms with Crippen LogP contribution in [0.2, 0.25) is 0 Å². The van der Waals surface area contributed by atoms with Gasteiger partial charge < -0.3 is 19.5 Å². The van der Waals surface area contributed by atoms with Crippen LogP contribution < -0.4 is 14.4 Å². The lowest BCUT2D eigenvalue weighted by molar-refractivity contribution is -0.927. The van der Waals surface area contributed by atoms with Gasteiger partial charge in [-0.3, -0.25) is 0 Å². The zero-order valence-electron chi connectivity index (χ0n) is 13.5. The predicted octanol–water partition coefficient (Wildman–Crippen LogP) is 2.04. The van der Waals surface area contributed by atoms with E-state index in [2.05, 4.69) is 28.1 Å². The summed E-state index contributed by atoms with van der Waals surface area (Å²) >= 11 is 3.60. The van der Waals surface area contributed by atoms with Crippen molar-refractivity contribution in [2.24, 2.45) is 0 Å². The van der Waals surface area contributed by atoms with Crippen molar-refractivity contribution in [2.45, 2.75) is 13.1 Å². The summed E-state index contributed by atoms with van der Waals surface area (Å²) in [6.07, 6.45) is 0. The van der Waals surface area contributed by atoms with E-state index in [-0.39, 0.29) is 6.61 Å². The Hall–Kier alpha value is -1.56. The largest absolute Gasteiger partial charge is 0.493 e. The van der Waals surface area contributed by atoms with E-state index >= 15 is 0 Å². The SMILES string of the molecule is COc1cc(Br)c(C[NH+](CCO)Cc2ccccc2)cc1OC. The highest BCUT2D eigenvalue weighted by atomic mass is 79.9. The van der Waals surface area contributed by atoms with Crippen molar-refractivity contribution in [1.82, 2.24) is 0 Å². The molecule has 2 N–H and O–H groups in total. The first-order valence-corrected chi connectivity index (χ1v) is 8.36. The second kappa shape index (κ2) is 8.91. The molecule has 1 unspecified atom stereocenters. The first kappa shape index (κ1) is 17.8. The number of quaternary nitrogens is 1. The molecule has 124 valence electrons. The summed E-state index contributed by atoms with van der Waals surface area (Å²) in [5, 5.41) is 9.37. The summed E-state index contributed by atoms with van der Waals surface area (Å²) in [6.45, 7) is 2.50. The van der Waals surface area contributed by atoms with Gasteiger partial charge in [0.1, 0.15) is 19.6 Å². The zero-order valence-corrected chi connectivity index (χ0v) is 15.1. The standard InChI is InChI=1S/C18H22BrNO3/c1-22-17-10-15(16(19)11-18(17)23-2)13-20(8-9-21)12-14-6-4-3-5-7-14/h3-7,10-11,21H,8-9,12-13H2,1-2H3/p+1. The highest BCUT2D eigenvalue weighted by Gasteiger charge is 2.15. The van der Waals surface area contributed by atoms with Gasteiger partial charge in [-0.15, -0.1) is 0 Å². The van der Waals surface area contributed by atoms with Gasteiger partial charge in [-0.05, 0) is 12.1 Å². The fraction of sp³-hybridized carbons (Fsp3) is 0.333. The third-order valence-electron chi connectivity index (χ3n) is 3.76. The van der Waals surface area contributed by atoms with Crippen molar-refractivity contribution in [3.8, 4) is 11.5 Å². The van der Waals surface area contributed by atoms with E-state index in [9.17, 15) is 5.11 Å². The highest BCUT2D eigenvalue weighted by Crippen LogP contribution is 2.32. The number of rotatable bonds is 8. The Kier molecular flexibility index (Phi) is 6.89.